The molecule has 0 saturated carbocycles. The van der Waals surface area contributed by atoms with Gasteiger partial charge in [-0.25, -0.2) is 0 Å². The quantitative estimate of drug-likeness (QED) is 0.0507. The number of rotatable bonds is 21. The predicted octanol–water partition coefficient (Wildman–Crippen LogP) is -12.2. The standard InChI is InChI=1S/C48H80N6O30/c1-13-25(49-14(2)59)41(29(43(73)75-13)53-18(6)63)83-46-28(52-17(5)62)36(70)39(22(10-57)79-46)81-45-27(51-16(4)61)35(69)40(23(11-58)78-45)82-47-30(54-19(7)64)42(84-48-38(72)37(71)32(66)21(9-56)77-48)33(67)24(80-47)12-74-44-26(50-15(3)60)34(68)31(65)20(8-55)76-44/h13,20-48,55-58,65-73H,8-12H2,1-7H3,(H,49,59)(H,50,60)(H,51,61)(H,52,62)(H,53,63)(H,54,64)/t13-,20-,21-,22-,23-,24-,25-,26-,27-,28-,29-,30-,31-,32-,33-,34-,35-,36-,37+,38-,39+,40+,41+,42-,43-,44+,45-,46-,47-,48+/m1/s1. The Hall–Kier alpha value is -4.14. The number of hydrogen-bond donors (Lipinski definition) is 19. The molecule has 0 aromatic carbocycles. The van der Waals surface area contributed by atoms with Crippen LogP contribution in [-0.2, 0) is 80.9 Å². The van der Waals surface area contributed by atoms with Crippen LogP contribution in [0.1, 0.15) is 48.5 Å². The predicted molar refractivity (Wildman–Crippen MR) is 267 cm³/mol. The van der Waals surface area contributed by atoms with Gasteiger partial charge in [0.25, 0.3) is 0 Å². The van der Waals surface area contributed by atoms with E-state index in [-0.39, 0.29) is 0 Å². The molecule has 6 saturated heterocycles. The van der Waals surface area contributed by atoms with Crippen LogP contribution in [0.15, 0.2) is 0 Å². The molecule has 0 bridgehead atoms. The molecule has 84 heavy (non-hydrogen) atoms. The summed E-state index contributed by atoms with van der Waals surface area (Å²) in [5.41, 5.74) is 0. The van der Waals surface area contributed by atoms with Crippen LogP contribution >= 0.6 is 0 Å². The van der Waals surface area contributed by atoms with Gasteiger partial charge in [-0.1, -0.05) is 0 Å². The third-order valence-electron chi connectivity index (χ3n) is 14.8. The molecule has 482 valence electrons. The maximum Gasteiger partial charge on any atom is 0.217 e. The van der Waals surface area contributed by atoms with Gasteiger partial charge in [-0.15, -0.1) is 0 Å². The Labute approximate surface area is 479 Å². The third kappa shape index (κ3) is 16.1. The van der Waals surface area contributed by atoms with Crippen LogP contribution in [0, 0.1) is 0 Å². The molecule has 6 fully saturated rings. The molecule has 6 rings (SSSR count). The van der Waals surface area contributed by atoms with Crippen LogP contribution in [0.4, 0.5) is 0 Å². The van der Waals surface area contributed by atoms with Crippen molar-refractivity contribution in [3.05, 3.63) is 0 Å². The van der Waals surface area contributed by atoms with Gasteiger partial charge in [0.1, 0.15) is 134 Å². The third-order valence-corrected chi connectivity index (χ3v) is 14.8. The molecule has 6 heterocycles. The highest BCUT2D eigenvalue weighted by atomic mass is 16.8. The molecule has 0 unspecified atom stereocenters. The number of aliphatic hydroxyl groups excluding tert-OH is 13. The van der Waals surface area contributed by atoms with Crippen molar-refractivity contribution in [1.82, 2.24) is 31.9 Å². The fraction of sp³-hybridized carbons (Fsp3) is 0.875. The molecular weight excluding hydrogens is 1140 g/mol. The maximum absolute atomic E-state index is 13.0. The van der Waals surface area contributed by atoms with E-state index < -0.39 is 252 Å². The zero-order valence-electron chi connectivity index (χ0n) is 46.6. The topological polar surface area (TPSA) is 539 Å². The SMILES string of the molecule is CC(=O)N[C@@H]1[C@@H](O[C@H]2O[C@H](CO)[C@H](O[C@H]3O[C@H](CO)[C@H](O[C@H]4O[C@H](CO[C@H]5O[C@H](CO)[C@@H](O)[C@H](O)[C@H]5NC(C)=O)[C@@H](O)[C@H](O[C@@H]5O[C@H](CO)[C@@H](O)[C@H](O)[C@H]5O)[C@H]4NC(C)=O)[C@H](O)[C@H]3NC(C)=O)[C@H](O)[C@H]2NC(C)=O)[C@H](NC(C)=O)[C@@H](C)O[C@H]1O. The molecule has 0 aliphatic carbocycles. The second-order valence-corrected chi connectivity index (χ2v) is 21.2. The molecule has 6 aliphatic rings. The van der Waals surface area contributed by atoms with Crippen molar-refractivity contribution in [2.75, 3.05) is 33.0 Å². The molecule has 36 heteroatoms. The Balaban J connectivity index is 1.33. The normalized spacial score (nSPS) is 44.4. The van der Waals surface area contributed by atoms with Crippen LogP contribution in [0.25, 0.3) is 0 Å². The van der Waals surface area contributed by atoms with Crippen molar-refractivity contribution < 1.29 is 147 Å². The van der Waals surface area contributed by atoms with Crippen LogP contribution in [0.2, 0.25) is 0 Å². The van der Waals surface area contributed by atoms with E-state index in [1.165, 1.54) is 13.8 Å². The van der Waals surface area contributed by atoms with Crippen molar-refractivity contribution in [3.8, 4) is 0 Å². The van der Waals surface area contributed by atoms with Crippen LogP contribution in [0.5, 0.6) is 0 Å². The second-order valence-electron chi connectivity index (χ2n) is 21.2. The Morgan fingerprint density at radius 3 is 1.13 bits per heavy atom. The first-order valence-electron chi connectivity index (χ1n) is 26.9. The molecule has 0 aromatic heterocycles. The van der Waals surface area contributed by atoms with E-state index in [4.69, 9.17) is 52.1 Å². The molecule has 36 nitrogen and oxygen atoms in total. The van der Waals surface area contributed by atoms with Gasteiger partial charge in [0, 0.05) is 41.5 Å². The monoisotopic (exact) mass is 1220 g/mol. The molecule has 6 aliphatic heterocycles. The number of aliphatic hydroxyl groups is 13. The van der Waals surface area contributed by atoms with Crippen molar-refractivity contribution in [2.45, 2.75) is 232 Å². The summed E-state index contributed by atoms with van der Waals surface area (Å²) in [4.78, 5) is 75.7. The van der Waals surface area contributed by atoms with Gasteiger partial charge in [-0.3, -0.25) is 28.8 Å². The number of carbonyl (C=O) groups excluding carboxylic acids is 6. The summed E-state index contributed by atoms with van der Waals surface area (Å²) >= 11 is 0. The van der Waals surface area contributed by atoms with Crippen LogP contribution < -0.4 is 31.9 Å². The minimum atomic E-state index is -2.12. The van der Waals surface area contributed by atoms with Gasteiger partial charge in [0.15, 0.2) is 37.7 Å². The van der Waals surface area contributed by atoms with E-state index >= 15 is 0 Å². The highest BCUT2D eigenvalue weighted by Crippen LogP contribution is 2.37. The first-order valence-corrected chi connectivity index (χ1v) is 26.9. The van der Waals surface area contributed by atoms with Crippen LogP contribution in [-0.4, -0.2) is 319 Å². The molecule has 19 N–H and O–H groups in total. The van der Waals surface area contributed by atoms with E-state index in [2.05, 4.69) is 31.9 Å². The summed E-state index contributed by atoms with van der Waals surface area (Å²) in [5.74, 6) is -4.52. The summed E-state index contributed by atoms with van der Waals surface area (Å²) in [7, 11) is 0. The zero-order valence-corrected chi connectivity index (χ0v) is 46.6. The van der Waals surface area contributed by atoms with E-state index in [9.17, 15) is 95.2 Å². The molecule has 6 amide bonds. The summed E-state index contributed by atoms with van der Waals surface area (Å²) in [5, 5.41) is 158. The summed E-state index contributed by atoms with van der Waals surface area (Å²) in [6.45, 7) is 3.15. The lowest BCUT2D eigenvalue weighted by Crippen LogP contribution is -2.72. The number of nitrogens with one attached hydrogen (secondary N) is 6. The fourth-order valence-corrected chi connectivity index (χ4v) is 10.8. The molecule has 30 atom stereocenters. The fourth-order valence-electron chi connectivity index (χ4n) is 10.8. The van der Waals surface area contributed by atoms with E-state index in [0.717, 1.165) is 34.6 Å². The Morgan fingerprint density at radius 1 is 0.333 bits per heavy atom. The van der Waals surface area contributed by atoms with E-state index in [1.807, 2.05) is 0 Å². The lowest BCUT2D eigenvalue weighted by Gasteiger charge is -2.51. The summed E-state index contributed by atoms with van der Waals surface area (Å²) in [6.07, 6.45) is -43.6. The Morgan fingerprint density at radius 2 is 0.679 bits per heavy atom. The van der Waals surface area contributed by atoms with Gasteiger partial charge in [-0.05, 0) is 6.92 Å². The van der Waals surface area contributed by atoms with Gasteiger partial charge in [0.2, 0.25) is 35.4 Å². The van der Waals surface area contributed by atoms with Gasteiger partial charge < -0.3 is 150 Å². The summed E-state index contributed by atoms with van der Waals surface area (Å²) in [6, 6.07) is -9.39. The Kier molecular flexibility index (Phi) is 24.8. The van der Waals surface area contributed by atoms with E-state index in [1.54, 1.807) is 0 Å². The number of amides is 6. The van der Waals surface area contributed by atoms with Crippen molar-refractivity contribution >= 4 is 35.4 Å². The maximum atomic E-state index is 13.0. The van der Waals surface area contributed by atoms with Gasteiger partial charge in [0.05, 0.1) is 45.2 Å². The highest BCUT2D eigenvalue weighted by Gasteiger charge is 2.58. The lowest BCUT2D eigenvalue weighted by atomic mass is 9.92. The summed E-state index contributed by atoms with van der Waals surface area (Å²) < 4.78 is 66.0. The van der Waals surface area contributed by atoms with Gasteiger partial charge in [-0.2, -0.15) is 0 Å². The van der Waals surface area contributed by atoms with Crippen molar-refractivity contribution in [2.24, 2.45) is 0 Å². The molecule has 0 aromatic rings. The first-order chi connectivity index (χ1) is 39.5. The molecule has 0 spiro atoms. The largest absolute Gasteiger partial charge is 0.394 e. The average Bonchev–Trinajstić information content (AvgIpc) is 1.63. The highest BCUT2D eigenvalue weighted by molar-refractivity contribution is 5.75. The van der Waals surface area contributed by atoms with Crippen molar-refractivity contribution in [1.29, 1.82) is 0 Å². The minimum absolute atomic E-state index is 0.590. The smallest absolute Gasteiger partial charge is 0.217 e. The molecular formula is C48H80N6O30. The van der Waals surface area contributed by atoms with Crippen molar-refractivity contribution in [3.63, 3.8) is 0 Å². The number of hydrogen-bond acceptors (Lipinski definition) is 30. The first kappa shape index (κ1) is 69.0. The lowest BCUT2D eigenvalue weighted by molar-refractivity contribution is -0.371. The Bertz CT molecular complexity index is 2190. The van der Waals surface area contributed by atoms with Crippen LogP contribution in [0.3, 0.4) is 0 Å². The molecule has 0 radical (unpaired) electrons. The zero-order chi connectivity index (χ0) is 62.3. The van der Waals surface area contributed by atoms with Gasteiger partial charge >= 0.3 is 0 Å². The average molecular weight is 1220 g/mol. The second kappa shape index (κ2) is 30.2. The number of ether oxygens (including phenoxy) is 11. The van der Waals surface area contributed by atoms with E-state index in [0.29, 0.717) is 0 Å². The number of carbonyl (C=O) groups is 6. The minimum Gasteiger partial charge on any atom is -0.394 e.